The predicted molar refractivity (Wildman–Crippen MR) is 56.4 cm³/mol. The Bertz CT molecular complexity index is 577. The van der Waals surface area contributed by atoms with Crippen molar-refractivity contribution in [1.29, 1.82) is 0 Å². The Labute approximate surface area is 87.9 Å². The number of nitrogens with zero attached hydrogens (tertiary/aromatic N) is 1. The molecule has 0 fully saturated rings. The van der Waals surface area contributed by atoms with Crippen molar-refractivity contribution in [3.05, 3.63) is 29.8 Å². The molecule has 0 aromatic heterocycles. The smallest absolute Gasteiger partial charge is 0.222 e. The number of fused-ring (bicyclic) bond motifs is 3. The molecule has 0 aliphatic carbocycles. The van der Waals surface area contributed by atoms with Gasteiger partial charge in [0.1, 0.15) is 0 Å². The Morgan fingerprint density at radius 3 is 2.93 bits per heavy atom. The molecular formula is C10H10N2O2S. The third kappa shape index (κ3) is 0.866. The Balaban J connectivity index is 2.45. The fourth-order valence-electron chi connectivity index (χ4n) is 2.30. The summed E-state index contributed by atoms with van der Waals surface area (Å²) in [6.07, 6.45) is 0. The third-order valence-electron chi connectivity index (χ3n) is 3.11. The van der Waals surface area contributed by atoms with E-state index in [0.717, 1.165) is 5.56 Å². The van der Waals surface area contributed by atoms with Gasteiger partial charge in [-0.05, 0) is 18.6 Å². The number of rotatable bonds is 0. The monoisotopic (exact) mass is 222 g/mol. The molecule has 0 radical (unpaired) electrons. The molecule has 1 atom stereocenters. The molecule has 0 amide bonds. The van der Waals surface area contributed by atoms with Crippen LogP contribution in [-0.2, 0) is 15.3 Å². The maximum atomic E-state index is 12.1. The second kappa shape index (κ2) is 2.41. The van der Waals surface area contributed by atoms with E-state index in [0.29, 0.717) is 11.4 Å². The number of hydrogen-bond acceptors (Lipinski definition) is 4. The Hall–Kier alpha value is -1.36. The van der Waals surface area contributed by atoms with Crippen LogP contribution in [0.4, 0.5) is 0 Å². The molecule has 4 nitrogen and oxygen atoms in total. The topological polar surface area (TPSA) is 58.5 Å². The van der Waals surface area contributed by atoms with Gasteiger partial charge in [-0.25, -0.2) is 8.42 Å². The average molecular weight is 222 g/mol. The van der Waals surface area contributed by atoms with Crippen molar-refractivity contribution in [1.82, 2.24) is 5.43 Å². The van der Waals surface area contributed by atoms with Gasteiger partial charge in [-0.15, -0.1) is 0 Å². The molecule has 1 aromatic rings. The second-order valence-corrected chi connectivity index (χ2v) is 5.92. The largest absolute Gasteiger partial charge is 0.308 e. The van der Waals surface area contributed by atoms with Gasteiger partial charge in [0.2, 0.25) is 9.84 Å². The molecule has 78 valence electrons. The van der Waals surface area contributed by atoms with Crippen molar-refractivity contribution >= 4 is 14.9 Å². The van der Waals surface area contributed by atoms with Crippen LogP contribution in [0, 0.1) is 0 Å². The van der Waals surface area contributed by atoms with Gasteiger partial charge in [0.05, 0.1) is 10.3 Å². The molecule has 0 bridgehead atoms. The second-order valence-electron chi connectivity index (χ2n) is 4.08. The van der Waals surface area contributed by atoms with Gasteiger partial charge in [0.25, 0.3) is 0 Å². The molecule has 0 saturated carbocycles. The van der Waals surface area contributed by atoms with Gasteiger partial charge < -0.3 is 5.43 Å². The van der Waals surface area contributed by atoms with Gasteiger partial charge in [-0.3, -0.25) is 0 Å². The minimum Gasteiger partial charge on any atom is -0.308 e. The molecular weight excluding hydrogens is 212 g/mol. The van der Waals surface area contributed by atoms with E-state index in [1.807, 2.05) is 19.1 Å². The van der Waals surface area contributed by atoms with Crippen LogP contribution in [0.1, 0.15) is 12.5 Å². The zero-order valence-electron chi connectivity index (χ0n) is 8.19. The van der Waals surface area contributed by atoms with Crippen LogP contribution in [0.2, 0.25) is 0 Å². The summed E-state index contributed by atoms with van der Waals surface area (Å²) in [4.78, 5) is 0.410. The fraction of sp³-hybridized carbons (Fsp3) is 0.300. The lowest BCUT2D eigenvalue weighted by Gasteiger charge is -2.17. The third-order valence-corrected chi connectivity index (χ3v) is 5.10. The van der Waals surface area contributed by atoms with Gasteiger partial charge in [-0.2, -0.15) is 5.10 Å². The van der Waals surface area contributed by atoms with Crippen molar-refractivity contribution in [2.45, 2.75) is 17.2 Å². The van der Waals surface area contributed by atoms with Crippen LogP contribution in [0.15, 0.2) is 34.3 Å². The minimum absolute atomic E-state index is 0.260. The molecule has 2 aliphatic heterocycles. The summed E-state index contributed by atoms with van der Waals surface area (Å²) in [6.45, 7) is 2.47. The van der Waals surface area contributed by atoms with Crippen LogP contribution < -0.4 is 5.43 Å². The van der Waals surface area contributed by atoms with E-state index in [-0.39, 0.29) is 5.04 Å². The molecule has 5 heteroatoms. The van der Waals surface area contributed by atoms with Crippen molar-refractivity contribution in [2.75, 3.05) is 6.54 Å². The number of hydrogen-bond donors (Lipinski definition) is 1. The predicted octanol–water partition coefficient (Wildman–Crippen LogP) is 0.648. The van der Waals surface area contributed by atoms with Crippen LogP contribution >= 0.6 is 0 Å². The Kier molecular flexibility index (Phi) is 1.43. The first-order valence-corrected chi connectivity index (χ1v) is 6.21. The molecule has 1 aromatic carbocycles. The molecule has 3 rings (SSSR count). The molecule has 2 heterocycles. The average Bonchev–Trinajstić information content (AvgIpc) is 2.68. The van der Waals surface area contributed by atoms with Gasteiger partial charge in [0.15, 0.2) is 5.04 Å². The van der Waals surface area contributed by atoms with Crippen LogP contribution in [-0.4, -0.2) is 20.0 Å². The molecule has 1 N–H and O–H groups in total. The van der Waals surface area contributed by atoms with Crippen molar-refractivity contribution in [3.8, 4) is 0 Å². The molecule has 0 spiro atoms. The lowest BCUT2D eigenvalue weighted by molar-refractivity contribution is 0.607. The maximum absolute atomic E-state index is 12.1. The Morgan fingerprint density at radius 1 is 1.40 bits per heavy atom. The summed E-state index contributed by atoms with van der Waals surface area (Å²) < 4.78 is 24.2. The lowest BCUT2D eigenvalue weighted by Crippen LogP contribution is -2.31. The summed E-state index contributed by atoms with van der Waals surface area (Å²) >= 11 is 0. The first kappa shape index (κ1) is 8.91. The number of sulfone groups is 1. The summed E-state index contributed by atoms with van der Waals surface area (Å²) in [5.74, 6) is 0. The standard InChI is InChI=1S/C10H10N2O2S/c1-10-6-11-12-9(10)15(13,14)8-5-3-2-4-7(8)10/h2-5,11H,6H2,1H3. The van der Waals surface area contributed by atoms with Gasteiger partial charge >= 0.3 is 0 Å². The first-order valence-electron chi connectivity index (χ1n) is 4.72. The van der Waals surface area contributed by atoms with E-state index >= 15 is 0 Å². The van der Waals surface area contributed by atoms with E-state index in [1.165, 1.54) is 0 Å². The van der Waals surface area contributed by atoms with E-state index in [9.17, 15) is 8.42 Å². The molecule has 0 saturated heterocycles. The van der Waals surface area contributed by atoms with Crippen molar-refractivity contribution < 1.29 is 8.42 Å². The summed E-state index contributed by atoms with van der Waals surface area (Å²) in [5, 5.41) is 4.18. The van der Waals surface area contributed by atoms with E-state index in [4.69, 9.17) is 0 Å². The van der Waals surface area contributed by atoms with Gasteiger partial charge in [-0.1, -0.05) is 18.2 Å². The van der Waals surface area contributed by atoms with Crippen LogP contribution in [0.25, 0.3) is 0 Å². The highest BCUT2D eigenvalue weighted by Gasteiger charge is 2.52. The van der Waals surface area contributed by atoms with E-state index in [2.05, 4.69) is 10.5 Å². The minimum atomic E-state index is -3.35. The summed E-state index contributed by atoms with van der Waals surface area (Å²) in [7, 11) is -3.35. The summed E-state index contributed by atoms with van der Waals surface area (Å²) in [6, 6.07) is 7.12. The fourth-order valence-corrected chi connectivity index (χ4v) is 4.31. The van der Waals surface area contributed by atoms with Crippen LogP contribution in [0.3, 0.4) is 0 Å². The molecule has 2 aliphatic rings. The highest BCUT2D eigenvalue weighted by molar-refractivity contribution is 8.07. The highest BCUT2D eigenvalue weighted by Crippen LogP contribution is 2.42. The quantitative estimate of drug-likeness (QED) is 0.701. The summed E-state index contributed by atoms with van der Waals surface area (Å²) in [5.41, 5.74) is 3.15. The Morgan fingerprint density at radius 2 is 2.13 bits per heavy atom. The molecule has 15 heavy (non-hydrogen) atoms. The zero-order chi connectivity index (χ0) is 10.7. The molecule has 1 unspecified atom stereocenters. The normalized spacial score (nSPS) is 30.3. The van der Waals surface area contributed by atoms with Gasteiger partial charge in [0, 0.05) is 6.54 Å². The number of nitrogens with one attached hydrogen (secondary N) is 1. The number of hydrazone groups is 1. The van der Waals surface area contributed by atoms with Crippen molar-refractivity contribution in [2.24, 2.45) is 5.10 Å². The number of benzene rings is 1. The maximum Gasteiger partial charge on any atom is 0.222 e. The highest BCUT2D eigenvalue weighted by atomic mass is 32.2. The first-order chi connectivity index (χ1) is 7.07. The zero-order valence-corrected chi connectivity index (χ0v) is 9.00. The van der Waals surface area contributed by atoms with Crippen LogP contribution in [0.5, 0.6) is 0 Å². The van der Waals surface area contributed by atoms with E-state index < -0.39 is 15.3 Å². The van der Waals surface area contributed by atoms with E-state index in [1.54, 1.807) is 12.1 Å². The van der Waals surface area contributed by atoms with Crippen molar-refractivity contribution in [3.63, 3.8) is 0 Å². The lowest BCUT2D eigenvalue weighted by atomic mass is 9.84. The SMILES string of the molecule is CC12CNN=C1S(=O)(=O)c1ccccc12.